The molecular formula is C17H16Cl2N2O4S. The first-order valence-electron chi connectivity index (χ1n) is 7.82. The summed E-state index contributed by atoms with van der Waals surface area (Å²) < 4.78 is 32.0. The maximum Gasteiger partial charge on any atom is 0.255 e. The summed E-state index contributed by atoms with van der Waals surface area (Å²) in [5.74, 6) is -0.435. The minimum atomic E-state index is -3.69. The third kappa shape index (κ3) is 4.19. The first-order valence-corrected chi connectivity index (χ1v) is 10.0. The predicted octanol–water partition coefficient (Wildman–Crippen LogP) is 3.27. The largest absolute Gasteiger partial charge is 0.379 e. The molecule has 0 aliphatic carbocycles. The van der Waals surface area contributed by atoms with Crippen molar-refractivity contribution in [3.8, 4) is 0 Å². The minimum Gasteiger partial charge on any atom is -0.379 e. The summed E-state index contributed by atoms with van der Waals surface area (Å²) >= 11 is 12.0. The molecule has 1 saturated heterocycles. The van der Waals surface area contributed by atoms with E-state index < -0.39 is 15.9 Å². The molecule has 1 heterocycles. The number of amides is 1. The Kier molecular flexibility index (Phi) is 5.84. The molecule has 0 spiro atoms. The maximum atomic E-state index is 12.7. The van der Waals surface area contributed by atoms with Gasteiger partial charge in [-0.15, -0.1) is 0 Å². The summed E-state index contributed by atoms with van der Waals surface area (Å²) in [4.78, 5) is 12.4. The summed E-state index contributed by atoms with van der Waals surface area (Å²) in [6.45, 7) is 1.28. The smallest absolute Gasteiger partial charge is 0.255 e. The maximum absolute atomic E-state index is 12.7. The molecule has 0 aromatic heterocycles. The summed E-state index contributed by atoms with van der Waals surface area (Å²) in [7, 11) is -3.69. The molecule has 2 aromatic rings. The number of morpholine rings is 1. The molecular weight excluding hydrogens is 399 g/mol. The molecule has 3 rings (SSSR count). The van der Waals surface area contributed by atoms with Gasteiger partial charge in [0, 0.05) is 23.7 Å². The van der Waals surface area contributed by atoms with Gasteiger partial charge in [0.2, 0.25) is 10.0 Å². The number of carbonyl (C=O) groups is 1. The summed E-state index contributed by atoms with van der Waals surface area (Å²) in [5.41, 5.74) is 0.556. The first-order chi connectivity index (χ1) is 12.4. The lowest BCUT2D eigenvalue weighted by Gasteiger charge is -2.26. The van der Waals surface area contributed by atoms with Gasteiger partial charge in [-0.1, -0.05) is 29.3 Å². The van der Waals surface area contributed by atoms with Crippen molar-refractivity contribution in [2.75, 3.05) is 31.6 Å². The van der Waals surface area contributed by atoms with Crippen LogP contribution in [0, 0.1) is 0 Å². The lowest BCUT2D eigenvalue weighted by molar-refractivity contribution is 0.0730. The Bertz CT molecular complexity index is 928. The average molecular weight is 415 g/mol. The number of ether oxygens (including phenoxy) is 1. The SMILES string of the molecule is O=C(Nc1cc(S(=O)(=O)N2CCOCC2)ccc1Cl)c1cccc(Cl)c1. The minimum absolute atomic E-state index is 0.0604. The van der Waals surface area contributed by atoms with Crippen LogP contribution in [0.4, 0.5) is 5.69 Å². The zero-order valence-corrected chi connectivity index (χ0v) is 15.9. The summed E-state index contributed by atoms with van der Waals surface area (Å²) in [6.07, 6.45) is 0. The fraction of sp³-hybridized carbons (Fsp3) is 0.235. The number of sulfonamides is 1. The molecule has 26 heavy (non-hydrogen) atoms. The molecule has 1 fully saturated rings. The highest BCUT2D eigenvalue weighted by Gasteiger charge is 2.27. The van der Waals surface area contributed by atoms with Crippen LogP contribution in [-0.2, 0) is 14.8 Å². The molecule has 0 saturated carbocycles. The van der Waals surface area contributed by atoms with E-state index in [9.17, 15) is 13.2 Å². The molecule has 0 atom stereocenters. The monoisotopic (exact) mass is 414 g/mol. The van der Waals surface area contributed by atoms with E-state index in [4.69, 9.17) is 27.9 Å². The molecule has 1 N–H and O–H groups in total. The topological polar surface area (TPSA) is 75.7 Å². The van der Waals surface area contributed by atoms with Crippen molar-refractivity contribution in [2.45, 2.75) is 4.90 Å². The Morgan fingerprint density at radius 2 is 1.81 bits per heavy atom. The average Bonchev–Trinajstić information content (AvgIpc) is 2.64. The predicted molar refractivity (Wildman–Crippen MR) is 100 cm³/mol. The molecule has 0 unspecified atom stereocenters. The van der Waals surface area contributed by atoms with Gasteiger partial charge in [-0.05, 0) is 36.4 Å². The van der Waals surface area contributed by atoms with Gasteiger partial charge in [0.25, 0.3) is 5.91 Å². The van der Waals surface area contributed by atoms with E-state index in [1.165, 1.54) is 28.6 Å². The van der Waals surface area contributed by atoms with E-state index in [2.05, 4.69) is 5.32 Å². The number of carbonyl (C=O) groups excluding carboxylic acids is 1. The van der Waals surface area contributed by atoms with E-state index in [1.54, 1.807) is 18.2 Å². The van der Waals surface area contributed by atoms with Gasteiger partial charge in [0.1, 0.15) is 0 Å². The van der Waals surface area contributed by atoms with Crippen molar-refractivity contribution >= 4 is 44.8 Å². The van der Waals surface area contributed by atoms with Crippen molar-refractivity contribution in [2.24, 2.45) is 0 Å². The van der Waals surface area contributed by atoms with Crippen molar-refractivity contribution in [3.63, 3.8) is 0 Å². The van der Waals surface area contributed by atoms with Crippen molar-refractivity contribution in [1.29, 1.82) is 0 Å². The zero-order valence-electron chi connectivity index (χ0n) is 13.6. The fourth-order valence-electron chi connectivity index (χ4n) is 2.52. The first kappa shape index (κ1) is 19.1. The highest BCUT2D eigenvalue weighted by molar-refractivity contribution is 7.89. The number of nitrogens with zero attached hydrogens (tertiary/aromatic N) is 1. The number of hydrogen-bond acceptors (Lipinski definition) is 4. The summed E-state index contributed by atoms with van der Waals surface area (Å²) in [6, 6.07) is 10.6. The van der Waals surface area contributed by atoms with E-state index in [0.29, 0.717) is 23.8 Å². The van der Waals surface area contributed by atoms with E-state index in [0.717, 1.165) is 0 Å². The molecule has 2 aromatic carbocycles. The number of hydrogen-bond donors (Lipinski definition) is 1. The Hall–Kier alpha value is -1.64. The Morgan fingerprint density at radius 3 is 2.50 bits per heavy atom. The van der Waals surface area contributed by atoms with Crippen LogP contribution in [0.3, 0.4) is 0 Å². The second-order valence-electron chi connectivity index (χ2n) is 5.62. The zero-order chi connectivity index (χ0) is 18.7. The van der Waals surface area contributed by atoms with Crippen LogP contribution in [0.25, 0.3) is 0 Å². The van der Waals surface area contributed by atoms with Gasteiger partial charge in [-0.25, -0.2) is 8.42 Å². The van der Waals surface area contributed by atoms with Gasteiger partial charge in [0.05, 0.1) is 28.8 Å². The lowest BCUT2D eigenvalue weighted by atomic mass is 10.2. The number of anilines is 1. The van der Waals surface area contributed by atoms with Crippen LogP contribution in [0.2, 0.25) is 10.0 Å². The Balaban J connectivity index is 1.87. The molecule has 138 valence electrons. The fourth-order valence-corrected chi connectivity index (χ4v) is 4.31. The normalized spacial score (nSPS) is 15.6. The van der Waals surface area contributed by atoms with Gasteiger partial charge in [-0.2, -0.15) is 4.31 Å². The highest BCUT2D eigenvalue weighted by Crippen LogP contribution is 2.28. The lowest BCUT2D eigenvalue weighted by Crippen LogP contribution is -2.40. The third-order valence-electron chi connectivity index (χ3n) is 3.88. The van der Waals surface area contributed by atoms with E-state index in [1.807, 2.05) is 0 Å². The second kappa shape index (κ2) is 7.94. The van der Waals surface area contributed by atoms with Crippen LogP contribution in [0.5, 0.6) is 0 Å². The van der Waals surface area contributed by atoms with Gasteiger partial charge < -0.3 is 10.1 Å². The molecule has 6 nitrogen and oxygen atoms in total. The quantitative estimate of drug-likeness (QED) is 0.832. The highest BCUT2D eigenvalue weighted by atomic mass is 35.5. The number of nitrogens with one attached hydrogen (secondary N) is 1. The molecule has 9 heteroatoms. The van der Waals surface area contributed by atoms with Crippen molar-refractivity contribution in [3.05, 3.63) is 58.1 Å². The molecule has 0 radical (unpaired) electrons. The summed E-state index contributed by atoms with van der Waals surface area (Å²) in [5, 5.41) is 3.29. The van der Waals surface area contributed by atoms with Gasteiger partial charge in [0.15, 0.2) is 0 Å². The Morgan fingerprint density at radius 1 is 1.08 bits per heavy atom. The van der Waals surface area contributed by atoms with Crippen LogP contribution in [0.1, 0.15) is 10.4 Å². The molecule has 0 bridgehead atoms. The third-order valence-corrected chi connectivity index (χ3v) is 6.34. The standard InChI is InChI=1S/C17H16Cl2N2O4S/c18-13-3-1-2-12(10-13)17(22)20-16-11-14(4-5-15(16)19)26(23,24)21-6-8-25-9-7-21/h1-5,10-11H,6-9H2,(H,20,22). The number of rotatable bonds is 4. The van der Waals surface area contributed by atoms with Crippen LogP contribution in [-0.4, -0.2) is 44.9 Å². The molecule has 1 aliphatic rings. The Labute approximate surface area is 161 Å². The number of benzene rings is 2. The van der Waals surface area contributed by atoms with Crippen molar-refractivity contribution in [1.82, 2.24) is 4.31 Å². The van der Waals surface area contributed by atoms with Crippen LogP contribution in [0.15, 0.2) is 47.4 Å². The van der Waals surface area contributed by atoms with E-state index in [-0.39, 0.29) is 28.7 Å². The molecule has 1 aliphatic heterocycles. The van der Waals surface area contributed by atoms with Crippen LogP contribution < -0.4 is 5.32 Å². The van der Waals surface area contributed by atoms with Crippen molar-refractivity contribution < 1.29 is 17.9 Å². The van der Waals surface area contributed by atoms with Gasteiger partial charge >= 0.3 is 0 Å². The number of halogens is 2. The second-order valence-corrected chi connectivity index (χ2v) is 8.40. The van der Waals surface area contributed by atoms with Gasteiger partial charge in [-0.3, -0.25) is 4.79 Å². The van der Waals surface area contributed by atoms with E-state index >= 15 is 0 Å². The van der Waals surface area contributed by atoms with Crippen LogP contribution >= 0.6 is 23.2 Å². The molecule has 1 amide bonds.